The first-order valence-electron chi connectivity index (χ1n) is 8.78. The number of sulfonamides is 1. The first kappa shape index (κ1) is 20.6. The second kappa shape index (κ2) is 8.29. The van der Waals surface area contributed by atoms with E-state index < -0.39 is 25.9 Å². The Hall–Kier alpha value is -0.760. The molecule has 5 nitrogen and oxygen atoms in total. The van der Waals surface area contributed by atoms with Crippen LogP contribution in [-0.4, -0.2) is 36.6 Å². The lowest BCUT2D eigenvalue weighted by molar-refractivity contribution is 0.322. The van der Waals surface area contributed by atoms with Gasteiger partial charge in [0.1, 0.15) is 6.26 Å². The van der Waals surface area contributed by atoms with Crippen LogP contribution in [0.1, 0.15) is 46.5 Å². The van der Waals surface area contributed by atoms with Gasteiger partial charge in [-0.15, -0.1) is 0 Å². The third-order valence-electron chi connectivity index (χ3n) is 4.76. The fourth-order valence-electron chi connectivity index (χ4n) is 2.91. The van der Waals surface area contributed by atoms with Crippen molar-refractivity contribution < 1.29 is 13.0 Å². The Morgan fingerprint density at radius 2 is 1.68 bits per heavy atom. The first-order valence-corrected chi connectivity index (χ1v) is 11.8. The summed E-state index contributed by atoms with van der Waals surface area (Å²) in [5.74, 6) is 0.551. The fraction of sp³-hybridized carbons (Fsp3) is 0.667. The zero-order valence-corrected chi connectivity index (χ0v) is 17.2. The standard InChI is InChI=1S/C18H30N2O3S2/c1-18(2,3)25(22,23)20-16-7-5-14(6-8-16)13-19-15-9-11-17(12-10-15)24(4)21/h9-12,14,16,19-20H,5-8,13H2,1-4H3/t14-,16-,24?. The maximum Gasteiger partial charge on any atom is 0.216 e. The van der Waals surface area contributed by atoms with Crippen LogP contribution in [0.2, 0.25) is 0 Å². The third-order valence-corrected chi connectivity index (χ3v) is 7.95. The van der Waals surface area contributed by atoms with Crippen molar-refractivity contribution in [2.75, 3.05) is 18.1 Å². The Morgan fingerprint density at radius 3 is 2.16 bits per heavy atom. The van der Waals surface area contributed by atoms with E-state index in [1.807, 2.05) is 24.3 Å². The smallest absolute Gasteiger partial charge is 0.216 e. The van der Waals surface area contributed by atoms with Gasteiger partial charge in [0.2, 0.25) is 10.0 Å². The highest BCUT2D eigenvalue weighted by molar-refractivity contribution is 7.91. The molecule has 0 spiro atoms. The van der Waals surface area contributed by atoms with E-state index in [9.17, 15) is 13.0 Å². The van der Waals surface area contributed by atoms with E-state index in [-0.39, 0.29) is 6.04 Å². The molecule has 1 unspecified atom stereocenters. The number of nitrogens with one attached hydrogen (secondary N) is 2. The van der Waals surface area contributed by atoms with Gasteiger partial charge >= 0.3 is 0 Å². The molecule has 0 heterocycles. The maximum absolute atomic E-state index is 12.2. The summed E-state index contributed by atoms with van der Waals surface area (Å²) in [4.78, 5) is 0.831. The Morgan fingerprint density at radius 1 is 1.12 bits per heavy atom. The molecule has 1 fully saturated rings. The van der Waals surface area contributed by atoms with Crippen LogP contribution < -0.4 is 10.0 Å². The average Bonchev–Trinajstić information content (AvgIpc) is 2.53. The quantitative estimate of drug-likeness (QED) is 0.736. The Labute approximate surface area is 155 Å². The van der Waals surface area contributed by atoms with Crippen LogP contribution in [-0.2, 0) is 21.2 Å². The molecule has 2 N–H and O–H groups in total. The van der Waals surface area contributed by atoms with E-state index in [4.69, 9.17) is 0 Å². The molecule has 0 saturated heterocycles. The van der Waals surface area contributed by atoms with Crippen molar-refractivity contribution in [1.29, 1.82) is 0 Å². The highest BCUT2D eigenvalue weighted by Crippen LogP contribution is 2.27. The highest BCUT2D eigenvalue weighted by Gasteiger charge is 2.32. The van der Waals surface area contributed by atoms with Crippen molar-refractivity contribution in [3.05, 3.63) is 24.3 Å². The molecule has 0 bridgehead atoms. The predicted molar refractivity (Wildman–Crippen MR) is 105 cm³/mol. The Bertz CT molecular complexity index is 644. The second-order valence-corrected chi connectivity index (χ2v) is 11.7. The zero-order chi connectivity index (χ0) is 18.7. The van der Waals surface area contributed by atoms with Crippen LogP contribution in [0.4, 0.5) is 5.69 Å². The van der Waals surface area contributed by atoms with Gasteiger partial charge in [-0.05, 0) is 87.8 Å². The van der Waals surface area contributed by atoms with Crippen LogP contribution in [0.3, 0.4) is 0 Å². The number of anilines is 1. The molecule has 0 aromatic heterocycles. The molecule has 25 heavy (non-hydrogen) atoms. The van der Waals surface area contributed by atoms with Gasteiger partial charge in [0, 0.05) is 18.3 Å². The van der Waals surface area contributed by atoms with Crippen molar-refractivity contribution in [3.63, 3.8) is 0 Å². The lowest BCUT2D eigenvalue weighted by Crippen LogP contribution is -2.46. The summed E-state index contributed by atoms with van der Waals surface area (Å²) in [6, 6.07) is 7.74. The summed E-state index contributed by atoms with van der Waals surface area (Å²) < 4.78 is 38.0. The molecule has 142 valence electrons. The number of benzene rings is 1. The predicted octanol–water partition coefficient (Wildman–Crippen LogP) is 3.11. The summed E-state index contributed by atoms with van der Waals surface area (Å²) in [5, 5.41) is 3.43. The van der Waals surface area contributed by atoms with Gasteiger partial charge in [-0.2, -0.15) is 0 Å². The summed E-state index contributed by atoms with van der Waals surface area (Å²) >= 11 is -0.948. The number of rotatable bonds is 6. The topological polar surface area (TPSA) is 81.3 Å². The van der Waals surface area contributed by atoms with Crippen LogP contribution in [0.15, 0.2) is 29.2 Å². The lowest BCUT2D eigenvalue weighted by Gasteiger charge is -2.31. The van der Waals surface area contributed by atoms with Gasteiger partial charge in [-0.1, -0.05) is 0 Å². The molecule has 2 rings (SSSR count). The minimum Gasteiger partial charge on any atom is -0.612 e. The minimum atomic E-state index is -3.27. The molecular weight excluding hydrogens is 356 g/mol. The summed E-state index contributed by atoms with van der Waals surface area (Å²) in [6.07, 6.45) is 5.47. The fourth-order valence-corrected chi connectivity index (χ4v) is 4.45. The molecule has 1 aliphatic carbocycles. The molecule has 1 aliphatic rings. The van der Waals surface area contributed by atoms with Crippen LogP contribution >= 0.6 is 0 Å². The maximum atomic E-state index is 12.2. The molecule has 0 radical (unpaired) electrons. The highest BCUT2D eigenvalue weighted by atomic mass is 32.2. The molecule has 0 amide bonds. The normalized spacial score (nSPS) is 23.2. The van der Waals surface area contributed by atoms with Gasteiger partial charge in [0.25, 0.3) is 0 Å². The van der Waals surface area contributed by atoms with Crippen molar-refractivity contribution in [2.24, 2.45) is 5.92 Å². The molecule has 7 heteroatoms. The lowest BCUT2D eigenvalue weighted by atomic mass is 9.86. The minimum absolute atomic E-state index is 0.0549. The number of hydrogen-bond donors (Lipinski definition) is 2. The van der Waals surface area contributed by atoms with Gasteiger partial charge in [-0.25, -0.2) is 13.1 Å². The SMILES string of the molecule is C[S+]([O-])c1ccc(NC[C@H]2CC[C@H](NS(=O)(=O)C(C)(C)C)CC2)cc1. The van der Waals surface area contributed by atoms with Crippen LogP contribution in [0.5, 0.6) is 0 Å². The summed E-state index contributed by atoms with van der Waals surface area (Å²) in [7, 11) is -3.27. The van der Waals surface area contributed by atoms with Crippen LogP contribution in [0.25, 0.3) is 0 Å². The van der Waals surface area contributed by atoms with E-state index in [1.165, 1.54) is 0 Å². The van der Waals surface area contributed by atoms with E-state index in [0.717, 1.165) is 42.8 Å². The number of hydrogen-bond acceptors (Lipinski definition) is 4. The first-order chi connectivity index (χ1) is 11.6. The van der Waals surface area contributed by atoms with Crippen molar-refractivity contribution in [3.8, 4) is 0 Å². The zero-order valence-electron chi connectivity index (χ0n) is 15.5. The third kappa shape index (κ3) is 5.88. The van der Waals surface area contributed by atoms with Gasteiger partial charge in [0.15, 0.2) is 4.90 Å². The Kier molecular flexibility index (Phi) is 6.81. The average molecular weight is 387 g/mol. The molecule has 1 aromatic rings. The Balaban J connectivity index is 1.77. The van der Waals surface area contributed by atoms with Gasteiger partial charge in [0.05, 0.1) is 4.75 Å². The molecule has 1 aromatic carbocycles. The molecule has 1 saturated carbocycles. The van der Waals surface area contributed by atoms with E-state index in [2.05, 4.69) is 10.0 Å². The van der Waals surface area contributed by atoms with E-state index >= 15 is 0 Å². The van der Waals surface area contributed by atoms with E-state index in [0.29, 0.717) is 5.92 Å². The van der Waals surface area contributed by atoms with Crippen molar-refractivity contribution >= 4 is 26.9 Å². The molecule has 1 atom stereocenters. The largest absolute Gasteiger partial charge is 0.612 e. The summed E-state index contributed by atoms with van der Waals surface area (Å²) in [6.45, 7) is 6.06. The molecule has 0 aliphatic heterocycles. The van der Waals surface area contributed by atoms with Gasteiger partial charge < -0.3 is 9.87 Å². The monoisotopic (exact) mass is 386 g/mol. The van der Waals surface area contributed by atoms with E-state index in [1.54, 1.807) is 27.0 Å². The van der Waals surface area contributed by atoms with Crippen LogP contribution in [0, 0.1) is 5.92 Å². The van der Waals surface area contributed by atoms with Gasteiger partial charge in [-0.3, -0.25) is 0 Å². The summed E-state index contributed by atoms with van der Waals surface area (Å²) in [5.41, 5.74) is 1.03. The second-order valence-electron chi connectivity index (χ2n) is 7.81. The van der Waals surface area contributed by atoms with Crippen molar-refractivity contribution in [2.45, 2.75) is 62.1 Å². The van der Waals surface area contributed by atoms with Crippen molar-refractivity contribution in [1.82, 2.24) is 4.72 Å². The molecular formula is C18H30N2O3S2.